The molecule has 4 aromatic heterocycles. The van der Waals surface area contributed by atoms with Gasteiger partial charge in [-0.2, -0.15) is 0 Å². The molecule has 0 amide bonds. The van der Waals surface area contributed by atoms with E-state index >= 15 is 0 Å². The van der Waals surface area contributed by atoms with E-state index in [2.05, 4.69) is 353 Å². The van der Waals surface area contributed by atoms with Gasteiger partial charge in [0, 0.05) is 106 Å². The zero-order valence-corrected chi connectivity index (χ0v) is 52.7. The first-order valence-corrected chi connectivity index (χ1v) is 33.0. The molecule has 2 aliphatic rings. The van der Waals surface area contributed by atoms with Crippen LogP contribution < -0.4 is 26.0 Å². The number of hydrogen-bond acceptors (Lipinski definition) is 2. The molecule has 2 aliphatic heterocycles. The van der Waals surface area contributed by atoms with Gasteiger partial charge in [-0.05, 0) is 118 Å². The summed E-state index contributed by atoms with van der Waals surface area (Å²) in [6.07, 6.45) is 0. The third kappa shape index (κ3) is 7.75. The van der Waals surface area contributed by atoms with Crippen LogP contribution in [-0.4, -0.2) is 25.0 Å². The predicted molar refractivity (Wildman–Crippen MR) is 399 cm³/mol. The summed E-state index contributed by atoms with van der Waals surface area (Å²) in [6, 6.07) is 115. The summed E-state index contributed by atoms with van der Waals surface area (Å²) in [4.78, 5) is 2.67. The summed E-state index contributed by atoms with van der Waals surface area (Å²) in [5.74, 6) is 1.72. The van der Waals surface area contributed by atoms with Crippen LogP contribution >= 0.6 is 0 Å². The number of hydrogen-bond donors (Lipinski definition) is 0. The topological polar surface area (TPSA) is 32.2 Å². The molecule has 95 heavy (non-hydrogen) atoms. The Labute approximate surface area is 549 Å². The molecule has 0 radical (unpaired) electrons. The van der Waals surface area contributed by atoms with E-state index in [4.69, 9.17) is 4.74 Å². The summed E-state index contributed by atoms with van der Waals surface area (Å²) in [5, 5.41) is 9.67. The first kappa shape index (κ1) is 53.6. The van der Waals surface area contributed by atoms with Gasteiger partial charge >= 0.3 is 0 Å². The molecule has 0 saturated carbocycles. The maximum Gasteiger partial charge on any atom is 0.256 e. The van der Waals surface area contributed by atoms with Crippen molar-refractivity contribution < 1.29 is 4.74 Å². The van der Waals surface area contributed by atoms with Gasteiger partial charge in [-0.15, -0.1) is 0 Å². The van der Waals surface area contributed by atoms with E-state index in [0.717, 1.165) is 129 Å². The molecule has 0 bridgehead atoms. The van der Waals surface area contributed by atoms with Crippen LogP contribution in [0.5, 0.6) is 11.5 Å². The van der Waals surface area contributed by atoms with Crippen molar-refractivity contribution >= 4 is 127 Å². The maximum atomic E-state index is 7.69. The van der Waals surface area contributed by atoms with Crippen LogP contribution in [0.25, 0.3) is 132 Å². The van der Waals surface area contributed by atoms with Crippen LogP contribution in [0.15, 0.2) is 309 Å². The Balaban J connectivity index is 0.942. The van der Waals surface area contributed by atoms with Crippen molar-refractivity contribution in [3.05, 3.63) is 315 Å². The summed E-state index contributed by atoms with van der Waals surface area (Å²) in [7, 11) is 0. The van der Waals surface area contributed by atoms with E-state index in [1.54, 1.807) is 0 Å². The lowest BCUT2D eigenvalue weighted by atomic mass is 9.34. The van der Waals surface area contributed by atoms with Gasteiger partial charge in [-0.3, -0.25) is 0 Å². The largest absolute Gasteiger partial charge is 0.458 e. The van der Waals surface area contributed by atoms with Crippen molar-refractivity contribution in [2.24, 2.45) is 0 Å². The van der Waals surface area contributed by atoms with Crippen molar-refractivity contribution in [3.8, 4) is 56.5 Å². The molecule has 0 atom stereocenters. The second-order valence-electron chi connectivity index (χ2n) is 26.7. The number of nitrogens with zero attached hydrogens (tertiary/aromatic N) is 5. The first-order valence-electron chi connectivity index (χ1n) is 33.0. The van der Waals surface area contributed by atoms with Crippen LogP contribution in [0.4, 0.5) is 17.1 Å². The lowest BCUT2D eigenvalue weighted by molar-refractivity contribution is 0.483. The minimum absolute atomic E-state index is 0.216. The van der Waals surface area contributed by atoms with Crippen LogP contribution in [0.3, 0.4) is 0 Å². The lowest BCUT2D eigenvalue weighted by Crippen LogP contribution is -2.59. The molecular formula is C88H60BN5O. The monoisotopic (exact) mass is 1210 g/mol. The van der Waals surface area contributed by atoms with E-state index < -0.39 is 0 Å². The minimum Gasteiger partial charge on any atom is -0.458 e. The number of ether oxygens (including phenoxy) is 1. The van der Waals surface area contributed by atoms with E-state index in [1.165, 1.54) is 54.1 Å². The van der Waals surface area contributed by atoms with E-state index in [9.17, 15) is 0 Å². The molecule has 0 saturated heterocycles. The molecule has 446 valence electrons. The zero-order chi connectivity index (χ0) is 62.8. The standard InChI is InChI=1S/C88H60BN5O/c1-88(2,3)55-51-81-84-83(52-55)95-82-54-59(91-76-43-18-12-31-62(76)63-32-13-19-44-77(63)91)48-50-73(82)89(84)72-49-47-58(90-74-41-16-10-29-60(74)61-30-11-17-42-75(61)90)53-80(72)94(81)87-70(68-37-22-35-66-64-33-14-20-45-78(64)92(85(66)68)56-25-6-4-7-26-56)39-24-40-71(87)69-38-23-36-67-65-34-15-21-46-79(65)93(86(67)69)57-27-8-5-9-28-57/h4-54H,1-3H3. The number of aromatic nitrogens is 4. The van der Waals surface area contributed by atoms with Crippen molar-refractivity contribution in [2.45, 2.75) is 26.2 Å². The molecule has 20 rings (SSSR count). The molecule has 6 heterocycles. The van der Waals surface area contributed by atoms with E-state index in [1.807, 2.05) is 0 Å². The van der Waals surface area contributed by atoms with Gasteiger partial charge in [-0.1, -0.05) is 233 Å². The van der Waals surface area contributed by atoms with Gasteiger partial charge < -0.3 is 27.9 Å². The smallest absolute Gasteiger partial charge is 0.256 e. The Hall–Kier alpha value is -12.1. The van der Waals surface area contributed by atoms with E-state index in [-0.39, 0.29) is 12.1 Å². The maximum absolute atomic E-state index is 7.69. The number of anilines is 3. The van der Waals surface area contributed by atoms with Gasteiger partial charge in [0.1, 0.15) is 11.5 Å². The summed E-state index contributed by atoms with van der Waals surface area (Å²) in [5.41, 5.74) is 25.6. The average Bonchev–Trinajstić information content (AvgIpc) is 1.58. The zero-order valence-electron chi connectivity index (χ0n) is 52.7. The van der Waals surface area contributed by atoms with Crippen molar-refractivity contribution in [1.29, 1.82) is 0 Å². The molecule has 0 unspecified atom stereocenters. The van der Waals surface area contributed by atoms with Crippen LogP contribution in [-0.2, 0) is 5.41 Å². The molecule has 14 aromatic carbocycles. The highest BCUT2D eigenvalue weighted by molar-refractivity contribution is 6.99. The quantitative estimate of drug-likeness (QED) is 0.149. The Morgan fingerprint density at radius 2 is 0.663 bits per heavy atom. The van der Waals surface area contributed by atoms with Gasteiger partial charge in [0.25, 0.3) is 6.71 Å². The van der Waals surface area contributed by atoms with Crippen LogP contribution in [0, 0.1) is 0 Å². The number of fused-ring (bicyclic) bond motifs is 16. The molecule has 0 aliphatic carbocycles. The normalized spacial score (nSPS) is 12.8. The third-order valence-corrected chi connectivity index (χ3v) is 20.5. The van der Waals surface area contributed by atoms with Gasteiger partial charge in [0.05, 0.1) is 49.8 Å². The second kappa shape index (κ2) is 20.2. The number of benzene rings is 14. The highest BCUT2D eigenvalue weighted by Gasteiger charge is 2.44. The third-order valence-electron chi connectivity index (χ3n) is 20.5. The van der Waals surface area contributed by atoms with E-state index in [0.29, 0.717) is 0 Å². The molecule has 0 N–H and O–H groups in total. The van der Waals surface area contributed by atoms with Crippen molar-refractivity contribution in [2.75, 3.05) is 4.90 Å². The fourth-order valence-electron chi connectivity index (χ4n) is 16.5. The second-order valence-corrected chi connectivity index (χ2v) is 26.7. The molecule has 0 fully saturated rings. The molecule has 18 aromatic rings. The SMILES string of the molecule is CC(C)(C)c1cc2c3c(c1)N(c1c(-c4cccc5c6ccccc6n(-c6ccccc6)c45)cccc1-c1cccc4c5ccccc5n(-c5ccccc5)c14)c1cc(-n4c5ccccc5c5ccccc54)ccc1B3c1ccc(-n3c4ccccc4c4ccccc43)cc1O2. The molecule has 6 nitrogen and oxygen atoms in total. The molecule has 0 spiro atoms. The first-order chi connectivity index (χ1) is 46.8. The summed E-state index contributed by atoms with van der Waals surface area (Å²) >= 11 is 0. The van der Waals surface area contributed by atoms with Crippen LogP contribution in [0.2, 0.25) is 0 Å². The Morgan fingerprint density at radius 1 is 0.284 bits per heavy atom. The Bertz CT molecular complexity index is 5980. The van der Waals surface area contributed by atoms with Crippen molar-refractivity contribution in [3.63, 3.8) is 0 Å². The Morgan fingerprint density at radius 3 is 1.13 bits per heavy atom. The highest BCUT2D eigenvalue weighted by Crippen LogP contribution is 2.54. The van der Waals surface area contributed by atoms with Gasteiger partial charge in [0.2, 0.25) is 0 Å². The van der Waals surface area contributed by atoms with Crippen LogP contribution in [0.1, 0.15) is 26.3 Å². The molecular weight excluding hydrogens is 1150 g/mol. The molecule has 7 heteroatoms. The van der Waals surface area contributed by atoms with Gasteiger partial charge in [-0.25, -0.2) is 0 Å². The Kier molecular flexibility index (Phi) is 11.4. The highest BCUT2D eigenvalue weighted by atomic mass is 16.5. The fourth-order valence-corrected chi connectivity index (χ4v) is 16.5. The van der Waals surface area contributed by atoms with Crippen molar-refractivity contribution in [1.82, 2.24) is 18.3 Å². The van der Waals surface area contributed by atoms with Gasteiger partial charge in [0.15, 0.2) is 0 Å². The fraction of sp³-hybridized carbons (Fsp3) is 0.0455. The minimum atomic E-state index is -0.293. The number of para-hydroxylation sites is 11. The summed E-state index contributed by atoms with van der Waals surface area (Å²) in [6.45, 7) is 6.79. The average molecular weight is 1210 g/mol. The lowest BCUT2D eigenvalue weighted by Gasteiger charge is -2.42. The number of rotatable bonds is 7. The predicted octanol–water partition coefficient (Wildman–Crippen LogP) is 21.1. The summed E-state index contributed by atoms with van der Waals surface area (Å²) < 4.78 is 17.6.